The van der Waals surface area contributed by atoms with Crippen molar-refractivity contribution in [1.29, 1.82) is 0 Å². The third-order valence-electron chi connectivity index (χ3n) is 3.28. The number of nitrogens with zero attached hydrogens (tertiary/aromatic N) is 1. The van der Waals surface area contributed by atoms with Gasteiger partial charge in [-0.3, -0.25) is 4.79 Å². The van der Waals surface area contributed by atoms with Crippen LogP contribution < -0.4 is 10.6 Å². The summed E-state index contributed by atoms with van der Waals surface area (Å²) in [6.07, 6.45) is 1.01. The van der Waals surface area contributed by atoms with Gasteiger partial charge in [0, 0.05) is 24.0 Å². The molecule has 0 aromatic heterocycles. The minimum Gasteiger partial charge on any atom is -0.326 e. The molecule has 3 rings (SSSR count). The second-order valence-corrected chi connectivity index (χ2v) is 5.53. The highest BCUT2D eigenvalue weighted by atomic mass is 32.2. The van der Waals surface area contributed by atoms with E-state index in [1.54, 1.807) is 11.8 Å². The van der Waals surface area contributed by atoms with E-state index in [4.69, 9.17) is 5.73 Å². The summed E-state index contributed by atoms with van der Waals surface area (Å²) in [7, 11) is 0. The van der Waals surface area contributed by atoms with Gasteiger partial charge in [0.1, 0.15) is 0 Å². The summed E-state index contributed by atoms with van der Waals surface area (Å²) >= 11 is 1.79. The van der Waals surface area contributed by atoms with E-state index in [1.165, 1.54) is 0 Å². The summed E-state index contributed by atoms with van der Waals surface area (Å²) in [5.74, 6) is 1.35. The monoisotopic (exact) mass is 234 g/mol. The Labute approximate surface area is 99.0 Å². The van der Waals surface area contributed by atoms with Gasteiger partial charge in [-0.1, -0.05) is 12.1 Å². The minimum atomic E-state index is 0.200. The van der Waals surface area contributed by atoms with Crippen LogP contribution in [-0.4, -0.2) is 23.0 Å². The van der Waals surface area contributed by atoms with E-state index in [0.717, 1.165) is 23.4 Å². The predicted octanol–water partition coefficient (Wildman–Crippen LogP) is 1.37. The fourth-order valence-electron chi connectivity index (χ4n) is 2.47. The number of hydrogen-bond acceptors (Lipinski definition) is 3. The Balaban J connectivity index is 1.94. The van der Waals surface area contributed by atoms with Crippen LogP contribution in [0.5, 0.6) is 0 Å². The van der Waals surface area contributed by atoms with Gasteiger partial charge in [-0.2, -0.15) is 0 Å². The second-order valence-electron chi connectivity index (χ2n) is 4.29. The van der Waals surface area contributed by atoms with Crippen molar-refractivity contribution in [2.45, 2.75) is 24.3 Å². The highest BCUT2D eigenvalue weighted by Crippen LogP contribution is 2.41. The van der Waals surface area contributed by atoms with E-state index < -0.39 is 0 Å². The number of hydrogen-bond donors (Lipinski definition) is 1. The predicted molar refractivity (Wildman–Crippen MR) is 66.5 cm³/mol. The first kappa shape index (κ1) is 10.2. The van der Waals surface area contributed by atoms with Crippen LogP contribution in [0, 0.1) is 0 Å². The molecule has 84 valence electrons. The summed E-state index contributed by atoms with van der Waals surface area (Å²) in [6.45, 7) is 0.527. The largest absolute Gasteiger partial charge is 0.326 e. The lowest BCUT2D eigenvalue weighted by Gasteiger charge is -2.27. The molecule has 2 aliphatic rings. The Bertz CT molecular complexity index is 435. The topological polar surface area (TPSA) is 46.3 Å². The van der Waals surface area contributed by atoms with Crippen molar-refractivity contribution in [3.05, 3.63) is 29.8 Å². The molecule has 0 spiro atoms. The van der Waals surface area contributed by atoms with Gasteiger partial charge >= 0.3 is 0 Å². The standard InChI is InChI=1S/C12H14N2OS/c13-6-8-2-1-3-9(4-8)14-10-5-11(12(14)15)16-7-10/h1-4,10-11H,5-7,13H2. The molecule has 0 radical (unpaired) electrons. The van der Waals surface area contributed by atoms with Crippen LogP contribution in [-0.2, 0) is 11.3 Å². The zero-order valence-corrected chi connectivity index (χ0v) is 9.74. The van der Waals surface area contributed by atoms with E-state index >= 15 is 0 Å². The first-order chi connectivity index (χ1) is 7.79. The molecule has 2 aliphatic heterocycles. The van der Waals surface area contributed by atoms with Crippen LogP contribution in [0.15, 0.2) is 24.3 Å². The number of amides is 1. The molecule has 0 aliphatic carbocycles. The average molecular weight is 234 g/mol. The molecule has 2 unspecified atom stereocenters. The fourth-order valence-corrected chi connectivity index (χ4v) is 3.82. The Kier molecular flexibility index (Phi) is 2.41. The Morgan fingerprint density at radius 3 is 3.06 bits per heavy atom. The molecule has 2 fully saturated rings. The van der Waals surface area contributed by atoms with E-state index in [0.29, 0.717) is 12.6 Å². The number of thioether (sulfide) groups is 1. The zero-order chi connectivity index (χ0) is 11.1. The molecule has 2 N–H and O–H groups in total. The van der Waals surface area contributed by atoms with E-state index in [2.05, 4.69) is 0 Å². The summed E-state index contributed by atoms with van der Waals surface area (Å²) < 4.78 is 0. The molecule has 4 heteroatoms. The van der Waals surface area contributed by atoms with Crippen molar-refractivity contribution < 1.29 is 4.79 Å². The molecule has 2 atom stereocenters. The summed E-state index contributed by atoms with van der Waals surface area (Å²) in [4.78, 5) is 14.0. The number of nitrogens with two attached hydrogens (primary N) is 1. The molecule has 0 saturated carbocycles. The average Bonchev–Trinajstić information content (AvgIpc) is 2.89. The molecular weight excluding hydrogens is 220 g/mol. The maximum atomic E-state index is 12.0. The zero-order valence-electron chi connectivity index (χ0n) is 8.93. The van der Waals surface area contributed by atoms with Gasteiger partial charge in [-0.15, -0.1) is 11.8 Å². The summed E-state index contributed by atoms with van der Waals surface area (Å²) in [6, 6.07) is 8.41. The summed E-state index contributed by atoms with van der Waals surface area (Å²) in [5, 5.41) is 0.200. The van der Waals surface area contributed by atoms with Crippen molar-refractivity contribution >= 4 is 23.4 Å². The second kappa shape index (κ2) is 3.79. The van der Waals surface area contributed by atoms with Gasteiger partial charge in [0.05, 0.1) is 5.25 Å². The van der Waals surface area contributed by atoms with Crippen molar-refractivity contribution in [2.75, 3.05) is 10.7 Å². The molecule has 1 amide bonds. The quantitative estimate of drug-likeness (QED) is 0.840. The number of anilines is 1. The number of fused-ring (bicyclic) bond motifs is 2. The van der Waals surface area contributed by atoms with Gasteiger partial charge in [0.15, 0.2) is 0 Å². The lowest BCUT2D eigenvalue weighted by Crippen LogP contribution is -2.38. The first-order valence-electron chi connectivity index (χ1n) is 5.53. The molecule has 16 heavy (non-hydrogen) atoms. The van der Waals surface area contributed by atoms with Crippen LogP contribution in [0.4, 0.5) is 5.69 Å². The van der Waals surface area contributed by atoms with Crippen LogP contribution in [0.2, 0.25) is 0 Å². The van der Waals surface area contributed by atoms with Gasteiger partial charge in [0.25, 0.3) is 0 Å². The van der Waals surface area contributed by atoms with Crippen LogP contribution in [0.1, 0.15) is 12.0 Å². The molecule has 2 saturated heterocycles. The van der Waals surface area contributed by atoms with E-state index in [-0.39, 0.29) is 11.2 Å². The van der Waals surface area contributed by atoms with E-state index in [9.17, 15) is 4.79 Å². The van der Waals surface area contributed by atoms with Crippen molar-refractivity contribution in [2.24, 2.45) is 5.73 Å². The molecule has 2 heterocycles. The van der Waals surface area contributed by atoms with Crippen LogP contribution in [0.3, 0.4) is 0 Å². The van der Waals surface area contributed by atoms with Crippen molar-refractivity contribution in [3.63, 3.8) is 0 Å². The number of benzene rings is 1. The van der Waals surface area contributed by atoms with Crippen molar-refractivity contribution in [3.8, 4) is 0 Å². The Morgan fingerprint density at radius 1 is 1.50 bits per heavy atom. The maximum Gasteiger partial charge on any atom is 0.240 e. The van der Waals surface area contributed by atoms with Gasteiger partial charge < -0.3 is 10.6 Å². The van der Waals surface area contributed by atoms with Crippen molar-refractivity contribution in [1.82, 2.24) is 0 Å². The third kappa shape index (κ3) is 1.44. The lowest BCUT2D eigenvalue weighted by molar-refractivity contribution is -0.116. The number of rotatable bonds is 2. The minimum absolute atomic E-state index is 0.200. The Hall–Kier alpha value is -1.00. The Morgan fingerprint density at radius 2 is 2.38 bits per heavy atom. The van der Waals surface area contributed by atoms with Gasteiger partial charge in [-0.25, -0.2) is 0 Å². The first-order valence-corrected chi connectivity index (χ1v) is 6.58. The molecule has 2 bridgehead atoms. The normalized spacial score (nSPS) is 27.8. The molecule has 1 aromatic rings. The van der Waals surface area contributed by atoms with Gasteiger partial charge in [0.2, 0.25) is 5.91 Å². The highest BCUT2D eigenvalue weighted by molar-refractivity contribution is 8.01. The molecular formula is C12H14N2OS. The maximum absolute atomic E-state index is 12.0. The third-order valence-corrected chi connectivity index (χ3v) is 4.65. The fraction of sp³-hybridized carbons (Fsp3) is 0.417. The number of carbonyl (C=O) groups is 1. The van der Waals surface area contributed by atoms with Gasteiger partial charge in [-0.05, 0) is 24.1 Å². The molecule has 1 aromatic carbocycles. The SMILES string of the molecule is NCc1cccc(N2C(=O)C3CC2CS3)c1. The van der Waals surface area contributed by atoms with Crippen LogP contribution >= 0.6 is 11.8 Å². The van der Waals surface area contributed by atoms with Crippen LogP contribution in [0.25, 0.3) is 0 Å². The van der Waals surface area contributed by atoms with E-state index in [1.807, 2.05) is 29.2 Å². The molecule has 3 nitrogen and oxygen atoms in total. The lowest BCUT2D eigenvalue weighted by atomic mass is 10.1. The highest BCUT2D eigenvalue weighted by Gasteiger charge is 2.45. The summed E-state index contributed by atoms with van der Waals surface area (Å²) in [5.41, 5.74) is 7.72. The smallest absolute Gasteiger partial charge is 0.240 e. The number of carbonyl (C=O) groups excluding carboxylic acids is 1.